The van der Waals surface area contributed by atoms with Crippen LogP contribution in [0.15, 0.2) is 72.2 Å². The molecule has 6 nitrogen and oxygen atoms in total. The number of anilines is 1. The van der Waals surface area contributed by atoms with Gasteiger partial charge >= 0.3 is 5.69 Å². The molecule has 0 fully saturated rings. The van der Waals surface area contributed by atoms with E-state index in [4.69, 9.17) is 0 Å². The number of hydrogen-bond acceptors (Lipinski definition) is 3. The molecule has 3 aromatic rings. The Hall–Kier alpha value is -3.67. The number of aryl methyl sites for hydroxylation is 1. The third-order valence-electron chi connectivity index (χ3n) is 5.21. The number of nitrogens with zero attached hydrogens (tertiary/aromatic N) is 2. The van der Waals surface area contributed by atoms with Crippen LogP contribution in [0.2, 0.25) is 0 Å². The topological polar surface area (TPSA) is 79.8 Å². The summed E-state index contributed by atoms with van der Waals surface area (Å²) in [7, 11) is 0. The summed E-state index contributed by atoms with van der Waals surface area (Å²) in [6.07, 6.45) is 7.16. The first-order valence-electron chi connectivity index (χ1n) is 9.88. The maximum absolute atomic E-state index is 12.6. The minimum absolute atomic E-state index is 0.0368. The highest BCUT2D eigenvalue weighted by molar-refractivity contribution is 6.06. The molecule has 2 N–H and O–H groups in total. The van der Waals surface area contributed by atoms with E-state index in [0.29, 0.717) is 22.4 Å². The fraction of sp³-hybridized carbons (Fsp3) is 0.208. The minimum Gasteiger partial charge on any atom is -0.322 e. The molecular weight excluding hydrogens is 376 g/mol. The van der Waals surface area contributed by atoms with E-state index in [-0.39, 0.29) is 17.6 Å². The summed E-state index contributed by atoms with van der Waals surface area (Å²) in [5.74, 6) is -0.268. The molecule has 1 aromatic carbocycles. The van der Waals surface area contributed by atoms with Crippen molar-refractivity contribution in [3.63, 3.8) is 0 Å². The average molecular weight is 402 g/mol. The highest BCUT2D eigenvalue weighted by atomic mass is 16.2. The van der Waals surface area contributed by atoms with Gasteiger partial charge in [-0.2, -0.15) is 0 Å². The number of nitrogens with one attached hydrogen (secondary N) is 2. The highest BCUT2D eigenvalue weighted by Gasteiger charge is 2.17. The van der Waals surface area contributed by atoms with E-state index >= 15 is 0 Å². The van der Waals surface area contributed by atoms with Gasteiger partial charge in [0.25, 0.3) is 5.91 Å². The number of carbonyl (C=O) groups excluding carboxylic acids is 1. The van der Waals surface area contributed by atoms with E-state index in [0.717, 1.165) is 23.1 Å². The SMILES string of the molecule is C=C/C=C(\C=C)C(=O)Nc1ccc(C)c(-c2ccnc3c2[nH]c(=O)n3C(C)CC)c1. The zero-order valence-corrected chi connectivity index (χ0v) is 17.5. The molecule has 0 saturated carbocycles. The summed E-state index contributed by atoms with van der Waals surface area (Å²) in [6, 6.07) is 7.59. The number of H-pyrrole nitrogens is 1. The van der Waals surface area contributed by atoms with Gasteiger partial charge in [-0.15, -0.1) is 0 Å². The molecule has 0 saturated heterocycles. The first-order valence-corrected chi connectivity index (χ1v) is 9.88. The number of aromatic nitrogens is 3. The molecule has 6 heteroatoms. The molecule has 0 bridgehead atoms. The first-order chi connectivity index (χ1) is 14.4. The smallest absolute Gasteiger partial charge is 0.322 e. The maximum Gasteiger partial charge on any atom is 0.327 e. The molecule has 0 aliphatic carbocycles. The molecule has 1 atom stereocenters. The lowest BCUT2D eigenvalue weighted by atomic mass is 9.99. The van der Waals surface area contributed by atoms with Crippen molar-refractivity contribution >= 4 is 22.8 Å². The van der Waals surface area contributed by atoms with Crippen LogP contribution in [0.3, 0.4) is 0 Å². The van der Waals surface area contributed by atoms with Crippen molar-refractivity contribution in [1.29, 1.82) is 0 Å². The molecule has 3 rings (SSSR count). The van der Waals surface area contributed by atoms with Crippen molar-refractivity contribution < 1.29 is 4.79 Å². The number of hydrogen-bond donors (Lipinski definition) is 2. The van der Waals surface area contributed by atoms with Gasteiger partial charge in [0.05, 0.1) is 5.52 Å². The molecule has 0 aliphatic heterocycles. The summed E-state index contributed by atoms with van der Waals surface area (Å²) >= 11 is 0. The Labute approximate surface area is 175 Å². The predicted molar refractivity (Wildman–Crippen MR) is 123 cm³/mol. The summed E-state index contributed by atoms with van der Waals surface area (Å²) in [5.41, 5.74) is 4.99. The average Bonchev–Trinajstić information content (AvgIpc) is 3.08. The monoisotopic (exact) mass is 402 g/mol. The number of allylic oxidation sites excluding steroid dienone is 2. The van der Waals surface area contributed by atoms with E-state index in [9.17, 15) is 9.59 Å². The number of carbonyl (C=O) groups is 1. The van der Waals surface area contributed by atoms with Gasteiger partial charge in [0, 0.05) is 29.1 Å². The molecular formula is C24H26N4O2. The van der Waals surface area contributed by atoms with Crippen LogP contribution in [0.4, 0.5) is 5.69 Å². The van der Waals surface area contributed by atoms with Crippen LogP contribution in [0.25, 0.3) is 22.3 Å². The molecule has 1 unspecified atom stereocenters. The molecule has 2 aromatic heterocycles. The third-order valence-corrected chi connectivity index (χ3v) is 5.21. The summed E-state index contributed by atoms with van der Waals surface area (Å²) in [4.78, 5) is 32.5. The Bertz CT molecular complexity index is 1210. The van der Waals surface area contributed by atoms with Crippen LogP contribution >= 0.6 is 0 Å². The van der Waals surface area contributed by atoms with Gasteiger partial charge in [-0.3, -0.25) is 9.36 Å². The third kappa shape index (κ3) is 3.89. The summed E-state index contributed by atoms with van der Waals surface area (Å²) in [5, 5.41) is 2.89. The second kappa shape index (κ2) is 8.78. The van der Waals surface area contributed by atoms with Gasteiger partial charge in [-0.25, -0.2) is 9.78 Å². The lowest BCUT2D eigenvalue weighted by Crippen LogP contribution is -2.20. The molecule has 2 heterocycles. The lowest BCUT2D eigenvalue weighted by Gasteiger charge is -2.13. The van der Waals surface area contributed by atoms with Crippen LogP contribution in [0.1, 0.15) is 31.9 Å². The summed E-state index contributed by atoms with van der Waals surface area (Å²) in [6.45, 7) is 13.3. The molecule has 30 heavy (non-hydrogen) atoms. The zero-order valence-electron chi connectivity index (χ0n) is 17.5. The second-order valence-corrected chi connectivity index (χ2v) is 7.16. The normalized spacial score (nSPS) is 12.6. The van der Waals surface area contributed by atoms with Crippen LogP contribution in [0.5, 0.6) is 0 Å². The number of imidazole rings is 1. The van der Waals surface area contributed by atoms with E-state index in [2.05, 4.69) is 28.4 Å². The van der Waals surface area contributed by atoms with E-state index in [1.165, 1.54) is 6.08 Å². The van der Waals surface area contributed by atoms with Crippen molar-refractivity contribution in [3.8, 4) is 11.1 Å². The van der Waals surface area contributed by atoms with Crippen LogP contribution in [0, 0.1) is 6.92 Å². The molecule has 154 valence electrons. The predicted octanol–water partition coefficient (Wildman–Crippen LogP) is 4.91. The van der Waals surface area contributed by atoms with E-state index in [1.807, 2.05) is 45.0 Å². The lowest BCUT2D eigenvalue weighted by molar-refractivity contribution is -0.112. The largest absolute Gasteiger partial charge is 0.327 e. The van der Waals surface area contributed by atoms with Crippen LogP contribution in [-0.4, -0.2) is 20.4 Å². The van der Waals surface area contributed by atoms with Crippen LogP contribution in [-0.2, 0) is 4.79 Å². The number of amides is 1. The van der Waals surface area contributed by atoms with Gasteiger partial charge in [-0.1, -0.05) is 44.4 Å². The van der Waals surface area contributed by atoms with Crippen molar-refractivity contribution in [3.05, 3.63) is 83.5 Å². The molecule has 0 aliphatic rings. The van der Waals surface area contributed by atoms with Crippen molar-refractivity contribution in [2.75, 3.05) is 5.32 Å². The maximum atomic E-state index is 12.6. The number of rotatable bonds is 7. The Morgan fingerprint density at radius 3 is 2.73 bits per heavy atom. The standard InChI is InChI=1S/C24H26N4O2/c1-6-9-17(8-3)23(29)26-18-11-10-15(4)20(14-18)19-12-13-25-22-21(19)27-24(30)28(22)16(5)7-2/h6,8-14,16H,1,3,7H2,2,4-5H3,(H,26,29)(H,27,30)/b17-9+. The number of fused-ring (bicyclic) bond motifs is 1. The second-order valence-electron chi connectivity index (χ2n) is 7.16. The Morgan fingerprint density at radius 2 is 2.07 bits per heavy atom. The summed E-state index contributed by atoms with van der Waals surface area (Å²) < 4.78 is 1.69. The fourth-order valence-corrected chi connectivity index (χ4v) is 3.39. The molecule has 0 radical (unpaired) electrons. The van der Waals surface area contributed by atoms with Crippen LogP contribution < -0.4 is 11.0 Å². The number of benzene rings is 1. The Morgan fingerprint density at radius 1 is 1.30 bits per heavy atom. The number of pyridine rings is 1. The van der Waals surface area contributed by atoms with Crippen molar-refractivity contribution in [1.82, 2.24) is 14.5 Å². The molecule has 0 spiro atoms. The Kier molecular flexibility index (Phi) is 6.16. The zero-order chi connectivity index (χ0) is 21.8. The fourth-order valence-electron chi connectivity index (χ4n) is 3.39. The molecule has 1 amide bonds. The first kappa shape index (κ1) is 21.0. The van der Waals surface area contributed by atoms with E-state index < -0.39 is 0 Å². The number of aromatic amines is 1. The quantitative estimate of drug-likeness (QED) is 0.435. The van der Waals surface area contributed by atoms with Gasteiger partial charge < -0.3 is 10.3 Å². The van der Waals surface area contributed by atoms with Crippen molar-refractivity contribution in [2.24, 2.45) is 0 Å². The van der Waals surface area contributed by atoms with E-state index in [1.54, 1.807) is 22.9 Å². The van der Waals surface area contributed by atoms with Gasteiger partial charge in [-0.05, 0) is 49.6 Å². The minimum atomic E-state index is -0.268. The van der Waals surface area contributed by atoms with Gasteiger partial charge in [0.1, 0.15) is 0 Å². The van der Waals surface area contributed by atoms with Gasteiger partial charge in [0.15, 0.2) is 5.65 Å². The van der Waals surface area contributed by atoms with Crippen molar-refractivity contribution in [2.45, 2.75) is 33.2 Å². The Balaban J connectivity index is 2.10. The van der Waals surface area contributed by atoms with Gasteiger partial charge in [0.2, 0.25) is 0 Å². The highest BCUT2D eigenvalue weighted by Crippen LogP contribution is 2.31.